The van der Waals surface area contributed by atoms with E-state index in [0.29, 0.717) is 37.4 Å². The average molecular weight is 366 g/mol. The second-order valence-electron chi connectivity index (χ2n) is 6.89. The number of fused-ring (bicyclic) bond motifs is 1. The highest BCUT2D eigenvalue weighted by Crippen LogP contribution is 2.31. The number of amides is 2. The smallest absolute Gasteiger partial charge is 0.255 e. The zero-order valence-corrected chi connectivity index (χ0v) is 15.2. The van der Waals surface area contributed by atoms with Crippen LogP contribution in [0, 0.1) is 0 Å². The van der Waals surface area contributed by atoms with Gasteiger partial charge in [0.25, 0.3) is 11.8 Å². The molecule has 0 bridgehead atoms. The molecule has 2 aromatic rings. The molecule has 1 N–H and O–H groups in total. The van der Waals surface area contributed by atoms with Crippen LogP contribution in [0.5, 0.6) is 5.75 Å². The normalized spacial score (nSPS) is 18.6. The molecule has 2 aromatic carbocycles. The van der Waals surface area contributed by atoms with E-state index in [4.69, 9.17) is 9.47 Å². The van der Waals surface area contributed by atoms with Crippen molar-refractivity contribution in [1.29, 1.82) is 0 Å². The molecule has 0 spiro atoms. The second-order valence-corrected chi connectivity index (χ2v) is 6.89. The zero-order chi connectivity index (χ0) is 18.8. The molecule has 6 heteroatoms. The molecule has 0 radical (unpaired) electrons. The second kappa shape index (κ2) is 7.40. The molecule has 0 aromatic heterocycles. The molecule has 2 amide bonds. The molecule has 0 aliphatic carbocycles. The fourth-order valence-electron chi connectivity index (χ4n) is 3.42. The summed E-state index contributed by atoms with van der Waals surface area (Å²) < 4.78 is 11.0. The number of benzene rings is 2. The number of hydrogen-bond acceptors (Lipinski definition) is 4. The monoisotopic (exact) mass is 366 g/mol. The predicted molar refractivity (Wildman–Crippen MR) is 101 cm³/mol. The molecule has 2 aliphatic rings. The van der Waals surface area contributed by atoms with Crippen LogP contribution in [0.4, 0.5) is 5.69 Å². The van der Waals surface area contributed by atoms with E-state index >= 15 is 0 Å². The molecule has 2 heterocycles. The fourth-order valence-corrected chi connectivity index (χ4v) is 3.42. The molecular weight excluding hydrogens is 344 g/mol. The van der Waals surface area contributed by atoms with Crippen LogP contribution >= 0.6 is 0 Å². The third kappa shape index (κ3) is 3.80. The Morgan fingerprint density at radius 3 is 2.48 bits per heavy atom. The summed E-state index contributed by atoms with van der Waals surface area (Å²) in [6, 6.07) is 12.4. The first-order valence-corrected chi connectivity index (χ1v) is 9.18. The molecule has 1 atom stereocenters. The van der Waals surface area contributed by atoms with Crippen LogP contribution in [-0.2, 0) is 11.2 Å². The van der Waals surface area contributed by atoms with Gasteiger partial charge in [-0.1, -0.05) is 0 Å². The lowest BCUT2D eigenvalue weighted by Gasteiger charge is -2.26. The Hall–Kier alpha value is -2.86. The van der Waals surface area contributed by atoms with Gasteiger partial charge in [0.15, 0.2) is 0 Å². The van der Waals surface area contributed by atoms with Gasteiger partial charge < -0.3 is 19.7 Å². The Bertz CT molecular complexity index is 857. The van der Waals surface area contributed by atoms with Crippen LogP contribution < -0.4 is 10.1 Å². The minimum absolute atomic E-state index is 0.0296. The van der Waals surface area contributed by atoms with E-state index in [9.17, 15) is 9.59 Å². The van der Waals surface area contributed by atoms with Crippen molar-refractivity contribution in [2.75, 3.05) is 31.6 Å². The van der Waals surface area contributed by atoms with Gasteiger partial charge in [0.2, 0.25) is 0 Å². The Labute approximate surface area is 158 Å². The lowest BCUT2D eigenvalue weighted by atomic mass is 10.1. The molecule has 4 rings (SSSR count). The van der Waals surface area contributed by atoms with E-state index < -0.39 is 0 Å². The van der Waals surface area contributed by atoms with Gasteiger partial charge in [-0.3, -0.25) is 9.59 Å². The van der Waals surface area contributed by atoms with Crippen molar-refractivity contribution in [3.8, 4) is 5.75 Å². The molecule has 2 aliphatic heterocycles. The maximum absolute atomic E-state index is 12.5. The zero-order valence-electron chi connectivity index (χ0n) is 15.2. The van der Waals surface area contributed by atoms with Crippen molar-refractivity contribution in [1.82, 2.24) is 4.90 Å². The van der Waals surface area contributed by atoms with Crippen molar-refractivity contribution in [2.24, 2.45) is 0 Å². The van der Waals surface area contributed by atoms with E-state index in [2.05, 4.69) is 5.32 Å². The molecular formula is C21H22N2O4. The molecule has 140 valence electrons. The van der Waals surface area contributed by atoms with Gasteiger partial charge in [0.1, 0.15) is 11.9 Å². The number of anilines is 1. The molecule has 1 fully saturated rings. The van der Waals surface area contributed by atoms with E-state index in [1.807, 2.05) is 25.1 Å². The van der Waals surface area contributed by atoms with E-state index in [-0.39, 0.29) is 17.9 Å². The number of ether oxygens (including phenoxy) is 2. The number of morpholine rings is 1. The van der Waals surface area contributed by atoms with Crippen LogP contribution in [-0.4, -0.2) is 49.1 Å². The van der Waals surface area contributed by atoms with Gasteiger partial charge in [0.05, 0.1) is 13.2 Å². The lowest BCUT2D eigenvalue weighted by molar-refractivity contribution is 0.0303. The van der Waals surface area contributed by atoms with Crippen molar-refractivity contribution in [3.63, 3.8) is 0 Å². The highest BCUT2D eigenvalue weighted by atomic mass is 16.5. The standard InChI is InChI=1S/C21H22N2O4/c1-14-12-17-13-18(6-7-19(17)27-14)22-20(24)15-2-4-16(5-3-15)21(25)23-8-10-26-11-9-23/h2-7,13-14H,8-12H2,1H3,(H,22,24). The van der Waals surface area contributed by atoms with Crippen LogP contribution in [0.1, 0.15) is 33.2 Å². The Kier molecular flexibility index (Phi) is 4.81. The summed E-state index contributed by atoms with van der Waals surface area (Å²) in [5.41, 5.74) is 2.94. The molecule has 6 nitrogen and oxygen atoms in total. The molecule has 1 unspecified atom stereocenters. The minimum Gasteiger partial charge on any atom is -0.490 e. The van der Waals surface area contributed by atoms with Crippen LogP contribution in [0.15, 0.2) is 42.5 Å². The fraction of sp³-hybridized carbons (Fsp3) is 0.333. The Morgan fingerprint density at radius 2 is 1.74 bits per heavy atom. The summed E-state index contributed by atoms with van der Waals surface area (Å²) in [7, 11) is 0. The maximum Gasteiger partial charge on any atom is 0.255 e. The summed E-state index contributed by atoms with van der Waals surface area (Å²) >= 11 is 0. The first-order valence-electron chi connectivity index (χ1n) is 9.18. The number of hydrogen-bond donors (Lipinski definition) is 1. The third-order valence-electron chi connectivity index (χ3n) is 4.85. The number of nitrogens with zero attached hydrogens (tertiary/aromatic N) is 1. The lowest BCUT2D eigenvalue weighted by Crippen LogP contribution is -2.40. The largest absolute Gasteiger partial charge is 0.490 e. The highest BCUT2D eigenvalue weighted by molar-refractivity contribution is 6.05. The number of carbonyl (C=O) groups is 2. The SMILES string of the molecule is CC1Cc2cc(NC(=O)c3ccc(C(=O)N4CCOCC4)cc3)ccc2O1. The van der Waals surface area contributed by atoms with Crippen LogP contribution in [0.25, 0.3) is 0 Å². The third-order valence-corrected chi connectivity index (χ3v) is 4.85. The van der Waals surface area contributed by atoms with Crippen LogP contribution in [0.2, 0.25) is 0 Å². The maximum atomic E-state index is 12.5. The number of carbonyl (C=O) groups excluding carboxylic acids is 2. The van der Waals surface area contributed by atoms with E-state index in [0.717, 1.165) is 23.4 Å². The molecule has 1 saturated heterocycles. The minimum atomic E-state index is -0.202. The van der Waals surface area contributed by atoms with Crippen molar-refractivity contribution in [3.05, 3.63) is 59.2 Å². The first kappa shape index (κ1) is 17.5. The quantitative estimate of drug-likeness (QED) is 0.907. The number of nitrogens with one attached hydrogen (secondary N) is 1. The van der Waals surface area contributed by atoms with Crippen LogP contribution in [0.3, 0.4) is 0 Å². The number of rotatable bonds is 3. The Balaban J connectivity index is 1.42. The van der Waals surface area contributed by atoms with Gasteiger partial charge in [-0.25, -0.2) is 0 Å². The molecule has 0 saturated carbocycles. The van der Waals surface area contributed by atoms with Gasteiger partial charge in [-0.2, -0.15) is 0 Å². The first-order chi connectivity index (χ1) is 13.1. The Morgan fingerprint density at radius 1 is 1.04 bits per heavy atom. The molecule has 27 heavy (non-hydrogen) atoms. The van der Waals surface area contributed by atoms with Gasteiger partial charge >= 0.3 is 0 Å². The van der Waals surface area contributed by atoms with Gasteiger partial charge in [-0.15, -0.1) is 0 Å². The van der Waals surface area contributed by atoms with E-state index in [1.54, 1.807) is 29.2 Å². The summed E-state index contributed by atoms with van der Waals surface area (Å²) in [5, 5.41) is 2.91. The highest BCUT2D eigenvalue weighted by Gasteiger charge is 2.20. The van der Waals surface area contributed by atoms with Crippen molar-refractivity contribution in [2.45, 2.75) is 19.4 Å². The summed E-state index contributed by atoms with van der Waals surface area (Å²) in [4.78, 5) is 26.7. The summed E-state index contributed by atoms with van der Waals surface area (Å²) in [6.07, 6.45) is 1.01. The van der Waals surface area contributed by atoms with Crippen molar-refractivity contribution >= 4 is 17.5 Å². The van der Waals surface area contributed by atoms with Crippen molar-refractivity contribution < 1.29 is 19.1 Å². The topological polar surface area (TPSA) is 67.9 Å². The summed E-state index contributed by atoms with van der Waals surface area (Å²) in [6.45, 7) is 4.36. The predicted octanol–water partition coefficient (Wildman–Crippen LogP) is 2.73. The van der Waals surface area contributed by atoms with E-state index in [1.165, 1.54) is 0 Å². The van der Waals surface area contributed by atoms with Gasteiger partial charge in [-0.05, 0) is 55.0 Å². The van der Waals surface area contributed by atoms with Gasteiger partial charge in [0, 0.05) is 36.3 Å². The average Bonchev–Trinajstić information content (AvgIpc) is 3.07. The summed E-state index contributed by atoms with van der Waals surface area (Å²) in [5.74, 6) is 0.650.